The largest absolute Gasteiger partial charge is 0.493 e. The first-order valence-corrected chi connectivity index (χ1v) is 6.33. The van der Waals surface area contributed by atoms with Crippen LogP contribution in [0.25, 0.3) is 0 Å². The fourth-order valence-corrected chi connectivity index (χ4v) is 1.98. The number of para-hydroxylation sites is 1. The van der Waals surface area contributed by atoms with Crippen LogP contribution in [-0.4, -0.2) is 12.4 Å². The van der Waals surface area contributed by atoms with Crippen LogP contribution < -0.4 is 10.5 Å². The van der Waals surface area contributed by atoms with Crippen molar-refractivity contribution in [3.05, 3.63) is 58.6 Å². The van der Waals surface area contributed by atoms with Crippen LogP contribution in [0.5, 0.6) is 5.75 Å². The summed E-state index contributed by atoms with van der Waals surface area (Å²) in [4.78, 5) is 12.5. The maximum absolute atomic E-state index is 12.5. The van der Waals surface area contributed by atoms with Crippen molar-refractivity contribution in [3.63, 3.8) is 0 Å². The predicted molar refractivity (Wildman–Crippen MR) is 76.9 cm³/mol. The molecular weight excluding hydrogens is 262 g/mol. The van der Waals surface area contributed by atoms with E-state index >= 15 is 0 Å². The molecule has 2 aromatic rings. The summed E-state index contributed by atoms with van der Waals surface area (Å²) in [6.45, 7) is 2.34. The van der Waals surface area contributed by atoms with Crippen molar-refractivity contribution >= 4 is 23.1 Å². The van der Waals surface area contributed by atoms with Gasteiger partial charge in [0, 0.05) is 16.3 Å². The van der Waals surface area contributed by atoms with Gasteiger partial charge < -0.3 is 10.5 Å². The maximum Gasteiger partial charge on any atom is 0.198 e. The molecule has 4 heteroatoms. The summed E-state index contributed by atoms with van der Waals surface area (Å²) in [6.07, 6.45) is 0. The summed E-state index contributed by atoms with van der Waals surface area (Å²) < 4.78 is 5.45. The Balaban J connectivity index is 2.49. The van der Waals surface area contributed by atoms with Crippen LogP contribution in [-0.2, 0) is 0 Å². The highest BCUT2D eigenvalue weighted by Crippen LogP contribution is 2.27. The van der Waals surface area contributed by atoms with Gasteiger partial charge in [-0.15, -0.1) is 0 Å². The van der Waals surface area contributed by atoms with Crippen LogP contribution in [0.2, 0.25) is 5.02 Å². The average molecular weight is 276 g/mol. The van der Waals surface area contributed by atoms with Gasteiger partial charge in [0.15, 0.2) is 5.78 Å². The summed E-state index contributed by atoms with van der Waals surface area (Å²) in [5, 5.41) is 0.487. The van der Waals surface area contributed by atoms with Crippen molar-refractivity contribution in [2.24, 2.45) is 0 Å². The van der Waals surface area contributed by atoms with Gasteiger partial charge in [-0.3, -0.25) is 4.79 Å². The second-order valence-electron chi connectivity index (χ2n) is 3.99. The second-order valence-corrected chi connectivity index (χ2v) is 4.43. The normalized spacial score (nSPS) is 10.2. The topological polar surface area (TPSA) is 52.3 Å². The molecule has 0 aromatic heterocycles. The Labute approximate surface area is 117 Å². The van der Waals surface area contributed by atoms with E-state index in [4.69, 9.17) is 22.1 Å². The molecule has 2 N–H and O–H groups in total. The Hall–Kier alpha value is -2.00. The SMILES string of the molecule is CCOc1ccc(Cl)cc1C(=O)c1ccccc1N. The lowest BCUT2D eigenvalue weighted by Gasteiger charge is -2.11. The van der Waals surface area contributed by atoms with Gasteiger partial charge in [-0.1, -0.05) is 23.7 Å². The number of halogens is 1. The molecule has 0 aliphatic rings. The minimum atomic E-state index is -0.191. The molecule has 2 rings (SSSR count). The van der Waals surface area contributed by atoms with E-state index in [1.165, 1.54) is 0 Å². The van der Waals surface area contributed by atoms with Gasteiger partial charge >= 0.3 is 0 Å². The van der Waals surface area contributed by atoms with Crippen LogP contribution >= 0.6 is 11.6 Å². The summed E-state index contributed by atoms with van der Waals surface area (Å²) in [5.41, 5.74) is 7.14. The van der Waals surface area contributed by atoms with Gasteiger partial charge in [0.2, 0.25) is 0 Å². The summed E-state index contributed by atoms with van der Waals surface area (Å²) in [5.74, 6) is 0.323. The molecule has 0 bridgehead atoms. The van der Waals surface area contributed by atoms with Gasteiger partial charge in [-0.25, -0.2) is 0 Å². The molecule has 98 valence electrons. The van der Waals surface area contributed by atoms with Gasteiger partial charge in [0.1, 0.15) is 5.75 Å². The number of rotatable bonds is 4. The molecule has 0 radical (unpaired) electrons. The third-order valence-electron chi connectivity index (χ3n) is 2.69. The first-order valence-electron chi connectivity index (χ1n) is 5.95. The van der Waals surface area contributed by atoms with Crippen LogP contribution in [0.15, 0.2) is 42.5 Å². The monoisotopic (exact) mass is 275 g/mol. The molecule has 0 aliphatic heterocycles. The molecule has 0 fully saturated rings. The molecule has 0 amide bonds. The third-order valence-corrected chi connectivity index (χ3v) is 2.93. The fraction of sp³-hybridized carbons (Fsp3) is 0.133. The Kier molecular flexibility index (Phi) is 4.07. The van der Waals surface area contributed by atoms with E-state index < -0.39 is 0 Å². The molecule has 0 spiro atoms. The molecule has 0 saturated heterocycles. The lowest BCUT2D eigenvalue weighted by Crippen LogP contribution is -2.08. The predicted octanol–water partition coefficient (Wildman–Crippen LogP) is 3.55. The van der Waals surface area contributed by atoms with Crippen LogP contribution in [0.4, 0.5) is 5.69 Å². The molecular formula is C15H14ClNO2. The number of hydrogen-bond donors (Lipinski definition) is 1. The van der Waals surface area contributed by atoms with E-state index in [1.807, 2.05) is 6.92 Å². The van der Waals surface area contributed by atoms with Crippen LogP contribution in [0.1, 0.15) is 22.8 Å². The van der Waals surface area contributed by atoms with Crippen molar-refractivity contribution in [2.45, 2.75) is 6.92 Å². The Morgan fingerprint density at radius 3 is 2.63 bits per heavy atom. The first-order chi connectivity index (χ1) is 9.13. The summed E-state index contributed by atoms with van der Waals surface area (Å²) >= 11 is 5.95. The van der Waals surface area contributed by atoms with Gasteiger partial charge in [0.05, 0.1) is 12.2 Å². The number of hydrogen-bond acceptors (Lipinski definition) is 3. The quantitative estimate of drug-likeness (QED) is 0.686. The zero-order valence-electron chi connectivity index (χ0n) is 10.5. The van der Waals surface area contributed by atoms with E-state index in [9.17, 15) is 4.79 Å². The smallest absolute Gasteiger partial charge is 0.198 e. The number of nitrogens with two attached hydrogens (primary N) is 1. The van der Waals surface area contributed by atoms with Crippen LogP contribution in [0, 0.1) is 0 Å². The minimum Gasteiger partial charge on any atom is -0.493 e. The summed E-state index contributed by atoms with van der Waals surface area (Å²) in [6, 6.07) is 11.9. The van der Waals surface area contributed by atoms with Crippen molar-refractivity contribution in [2.75, 3.05) is 12.3 Å². The fourth-order valence-electron chi connectivity index (χ4n) is 1.81. The highest BCUT2D eigenvalue weighted by molar-refractivity contribution is 6.31. The number of ketones is 1. The van der Waals surface area contributed by atoms with Crippen LogP contribution in [0.3, 0.4) is 0 Å². The molecule has 0 saturated carbocycles. The van der Waals surface area contributed by atoms with Crippen molar-refractivity contribution in [1.82, 2.24) is 0 Å². The standard InChI is InChI=1S/C15H14ClNO2/c1-2-19-14-8-7-10(16)9-12(14)15(18)11-5-3-4-6-13(11)17/h3-9H,2,17H2,1H3. The number of benzene rings is 2. The molecule has 0 unspecified atom stereocenters. The Morgan fingerprint density at radius 1 is 1.21 bits per heavy atom. The maximum atomic E-state index is 12.5. The minimum absolute atomic E-state index is 0.191. The van der Waals surface area contributed by atoms with Crippen molar-refractivity contribution < 1.29 is 9.53 Å². The molecule has 19 heavy (non-hydrogen) atoms. The van der Waals surface area contributed by atoms with Gasteiger partial charge in [-0.05, 0) is 37.3 Å². The van der Waals surface area contributed by atoms with E-state index in [-0.39, 0.29) is 5.78 Å². The lowest BCUT2D eigenvalue weighted by atomic mass is 10.0. The zero-order chi connectivity index (χ0) is 13.8. The molecule has 0 heterocycles. The molecule has 0 aliphatic carbocycles. The van der Waals surface area contributed by atoms with E-state index in [0.29, 0.717) is 34.2 Å². The highest BCUT2D eigenvalue weighted by Gasteiger charge is 2.17. The molecule has 2 aromatic carbocycles. The van der Waals surface area contributed by atoms with E-state index in [0.717, 1.165) is 0 Å². The zero-order valence-corrected chi connectivity index (χ0v) is 11.3. The van der Waals surface area contributed by atoms with E-state index in [2.05, 4.69) is 0 Å². The average Bonchev–Trinajstić information content (AvgIpc) is 2.41. The van der Waals surface area contributed by atoms with Crippen molar-refractivity contribution in [3.8, 4) is 5.75 Å². The number of carbonyl (C=O) groups is 1. The highest BCUT2D eigenvalue weighted by atomic mass is 35.5. The first kappa shape index (κ1) is 13.4. The Bertz CT molecular complexity index is 611. The summed E-state index contributed by atoms with van der Waals surface area (Å²) in [7, 11) is 0. The molecule has 0 atom stereocenters. The lowest BCUT2D eigenvalue weighted by molar-refractivity contribution is 0.103. The van der Waals surface area contributed by atoms with Crippen molar-refractivity contribution in [1.29, 1.82) is 0 Å². The van der Waals surface area contributed by atoms with E-state index in [1.54, 1.807) is 42.5 Å². The second kappa shape index (κ2) is 5.76. The Morgan fingerprint density at radius 2 is 1.95 bits per heavy atom. The number of carbonyl (C=O) groups excluding carboxylic acids is 1. The third kappa shape index (κ3) is 2.88. The van der Waals surface area contributed by atoms with Gasteiger partial charge in [-0.2, -0.15) is 0 Å². The van der Waals surface area contributed by atoms with Gasteiger partial charge in [0.25, 0.3) is 0 Å². The number of anilines is 1. The number of nitrogen functional groups attached to an aromatic ring is 1. The number of ether oxygens (including phenoxy) is 1. The molecule has 3 nitrogen and oxygen atoms in total.